The number of benzene rings is 1. The molecule has 1 heterocycles. The predicted octanol–water partition coefficient (Wildman–Crippen LogP) is 2.84. The van der Waals surface area contributed by atoms with Crippen molar-refractivity contribution in [3.8, 4) is 0 Å². The van der Waals surface area contributed by atoms with Crippen molar-refractivity contribution in [2.24, 2.45) is 0 Å². The van der Waals surface area contributed by atoms with Crippen LogP contribution in [0.25, 0.3) is 10.9 Å². The molecule has 2 nitrogen and oxygen atoms in total. The minimum atomic E-state index is -0.220. The molecule has 0 atom stereocenters. The smallest absolute Gasteiger partial charge is 0.125 e. The maximum atomic E-state index is 12.8. The Balaban J connectivity index is 2.32. The predicted molar refractivity (Wildman–Crippen MR) is 53.6 cm³/mol. The molecule has 0 fully saturated rings. The molecule has 2 rings (SSSR count). The molecule has 3 heteroatoms. The SMILES string of the molecule is CCOCc1cc2ccc(F)cc2[nH]1. The molecule has 1 aromatic carbocycles. The number of rotatable bonds is 3. The Labute approximate surface area is 81.7 Å². The molecule has 0 spiro atoms. The number of nitrogens with one attached hydrogen (secondary N) is 1. The molecule has 0 aliphatic heterocycles. The zero-order chi connectivity index (χ0) is 9.97. The summed E-state index contributed by atoms with van der Waals surface area (Å²) >= 11 is 0. The summed E-state index contributed by atoms with van der Waals surface area (Å²) in [6, 6.07) is 6.69. The monoisotopic (exact) mass is 193 g/mol. The first kappa shape index (κ1) is 9.21. The van der Waals surface area contributed by atoms with Crippen LogP contribution in [0.3, 0.4) is 0 Å². The van der Waals surface area contributed by atoms with E-state index in [9.17, 15) is 4.39 Å². The maximum Gasteiger partial charge on any atom is 0.125 e. The fourth-order valence-electron chi connectivity index (χ4n) is 1.45. The van der Waals surface area contributed by atoms with Crippen LogP contribution in [-0.4, -0.2) is 11.6 Å². The van der Waals surface area contributed by atoms with Crippen molar-refractivity contribution in [3.63, 3.8) is 0 Å². The van der Waals surface area contributed by atoms with Crippen molar-refractivity contribution in [1.29, 1.82) is 0 Å². The van der Waals surface area contributed by atoms with Gasteiger partial charge in [0.1, 0.15) is 5.82 Å². The lowest BCUT2D eigenvalue weighted by atomic mass is 10.2. The Morgan fingerprint density at radius 3 is 3.00 bits per heavy atom. The van der Waals surface area contributed by atoms with Gasteiger partial charge in [0, 0.05) is 17.8 Å². The van der Waals surface area contributed by atoms with Gasteiger partial charge < -0.3 is 9.72 Å². The second-order valence-electron chi connectivity index (χ2n) is 3.16. The largest absolute Gasteiger partial charge is 0.376 e. The standard InChI is InChI=1S/C11H12FNO/c1-2-14-7-10-5-8-3-4-9(12)6-11(8)13-10/h3-6,13H,2,7H2,1H3. The average molecular weight is 193 g/mol. The number of aromatic amines is 1. The second kappa shape index (κ2) is 3.80. The third-order valence-electron chi connectivity index (χ3n) is 2.10. The van der Waals surface area contributed by atoms with E-state index in [1.807, 2.05) is 13.0 Å². The topological polar surface area (TPSA) is 25.0 Å². The normalized spacial score (nSPS) is 11.0. The highest BCUT2D eigenvalue weighted by Crippen LogP contribution is 2.16. The van der Waals surface area contributed by atoms with Crippen LogP contribution in [0.5, 0.6) is 0 Å². The minimum Gasteiger partial charge on any atom is -0.376 e. The van der Waals surface area contributed by atoms with Crippen molar-refractivity contribution in [2.45, 2.75) is 13.5 Å². The number of halogens is 1. The fourth-order valence-corrected chi connectivity index (χ4v) is 1.45. The van der Waals surface area contributed by atoms with Crippen molar-refractivity contribution in [1.82, 2.24) is 4.98 Å². The number of hydrogen-bond acceptors (Lipinski definition) is 1. The third-order valence-corrected chi connectivity index (χ3v) is 2.10. The van der Waals surface area contributed by atoms with E-state index in [0.29, 0.717) is 13.2 Å². The van der Waals surface area contributed by atoms with Gasteiger partial charge in [-0.3, -0.25) is 0 Å². The second-order valence-corrected chi connectivity index (χ2v) is 3.16. The van der Waals surface area contributed by atoms with Crippen LogP contribution < -0.4 is 0 Å². The van der Waals surface area contributed by atoms with Gasteiger partial charge in [-0.2, -0.15) is 0 Å². The molecule has 14 heavy (non-hydrogen) atoms. The summed E-state index contributed by atoms with van der Waals surface area (Å²) in [6.45, 7) is 3.18. The van der Waals surface area contributed by atoms with Crippen LogP contribution in [0.4, 0.5) is 4.39 Å². The highest BCUT2D eigenvalue weighted by molar-refractivity contribution is 5.80. The van der Waals surface area contributed by atoms with E-state index in [0.717, 1.165) is 16.6 Å². The Bertz CT molecular complexity index is 436. The summed E-state index contributed by atoms with van der Waals surface area (Å²) < 4.78 is 18.1. The highest BCUT2D eigenvalue weighted by atomic mass is 19.1. The van der Waals surface area contributed by atoms with E-state index in [1.54, 1.807) is 6.07 Å². The van der Waals surface area contributed by atoms with Gasteiger partial charge in [0.2, 0.25) is 0 Å². The van der Waals surface area contributed by atoms with E-state index in [4.69, 9.17) is 4.74 Å². The molecule has 0 unspecified atom stereocenters. The molecule has 2 aromatic rings. The zero-order valence-corrected chi connectivity index (χ0v) is 8.01. The van der Waals surface area contributed by atoms with E-state index in [1.165, 1.54) is 12.1 Å². The summed E-state index contributed by atoms with van der Waals surface area (Å²) in [4.78, 5) is 3.11. The Hall–Kier alpha value is -1.35. The Kier molecular flexibility index (Phi) is 2.50. The molecule has 0 aliphatic rings. The lowest BCUT2D eigenvalue weighted by molar-refractivity contribution is 0.132. The Morgan fingerprint density at radius 2 is 2.21 bits per heavy atom. The molecule has 74 valence electrons. The number of aromatic nitrogens is 1. The molecular formula is C11H12FNO. The highest BCUT2D eigenvalue weighted by Gasteiger charge is 2.01. The molecule has 0 bridgehead atoms. The van der Waals surface area contributed by atoms with E-state index in [2.05, 4.69) is 4.98 Å². The summed E-state index contributed by atoms with van der Waals surface area (Å²) in [5.41, 5.74) is 1.80. The molecule has 1 aromatic heterocycles. The van der Waals surface area contributed by atoms with Crippen LogP contribution in [0, 0.1) is 5.82 Å². The number of H-pyrrole nitrogens is 1. The van der Waals surface area contributed by atoms with Crippen molar-refractivity contribution < 1.29 is 9.13 Å². The molecule has 0 amide bonds. The Morgan fingerprint density at radius 1 is 1.36 bits per heavy atom. The van der Waals surface area contributed by atoms with Gasteiger partial charge >= 0.3 is 0 Å². The third kappa shape index (κ3) is 1.77. The first-order valence-corrected chi connectivity index (χ1v) is 4.64. The van der Waals surface area contributed by atoms with Crippen LogP contribution in [0.2, 0.25) is 0 Å². The quantitative estimate of drug-likeness (QED) is 0.796. The van der Waals surface area contributed by atoms with Gasteiger partial charge in [0.15, 0.2) is 0 Å². The van der Waals surface area contributed by atoms with Crippen LogP contribution >= 0.6 is 0 Å². The van der Waals surface area contributed by atoms with Gasteiger partial charge in [-0.05, 0) is 36.6 Å². The molecule has 1 N–H and O–H groups in total. The molecule has 0 radical (unpaired) electrons. The molecule has 0 saturated heterocycles. The summed E-state index contributed by atoms with van der Waals surface area (Å²) in [7, 11) is 0. The number of fused-ring (bicyclic) bond motifs is 1. The molecule has 0 aliphatic carbocycles. The summed E-state index contributed by atoms with van der Waals surface area (Å²) in [6.07, 6.45) is 0. The van der Waals surface area contributed by atoms with Gasteiger partial charge in [0.25, 0.3) is 0 Å². The fraction of sp³-hybridized carbons (Fsp3) is 0.273. The van der Waals surface area contributed by atoms with Gasteiger partial charge in [-0.15, -0.1) is 0 Å². The maximum absolute atomic E-state index is 12.8. The molecular weight excluding hydrogens is 181 g/mol. The first-order chi connectivity index (χ1) is 6.79. The van der Waals surface area contributed by atoms with E-state index >= 15 is 0 Å². The van der Waals surface area contributed by atoms with Gasteiger partial charge in [0.05, 0.1) is 6.61 Å². The van der Waals surface area contributed by atoms with E-state index in [-0.39, 0.29) is 5.82 Å². The van der Waals surface area contributed by atoms with Crippen LogP contribution in [0.1, 0.15) is 12.6 Å². The minimum absolute atomic E-state index is 0.220. The van der Waals surface area contributed by atoms with Crippen molar-refractivity contribution in [2.75, 3.05) is 6.61 Å². The summed E-state index contributed by atoms with van der Waals surface area (Å²) in [5.74, 6) is -0.220. The zero-order valence-electron chi connectivity index (χ0n) is 8.01. The first-order valence-electron chi connectivity index (χ1n) is 4.64. The lowest BCUT2D eigenvalue weighted by Gasteiger charge is -1.95. The number of hydrogen-bond donors (Lipinski definition) is 1. The van der Waals surface area contributed by atoms with Crippen LogP contribution in [0.15, 0.2) is 24.3 Å². The van der Waals surface area contributed by atoms with Gasteiger partial charge in [-0.1, -0.05) is 0 Å². The van der Waals surface area contributed by atoms with E-state index < -0.39 is 0 Å². The van der Waals surface area contributed by atoms with Crippen molar-refractivity contribution in [3.05, 3.63) is 35.8 Å². The molecule has 0 saturated carbocycles. The van der Waals surface area contributed by atoms with Gasteiger partial charge in [-0.25, -0.2) is 4.39 Å². The lowest BCUT2D eigenvalue weighted by Crippen LogP contribution is -1.90. The number of ether oxygens (including phenoxy) is 1. The van der Waals surface area contributed by atoms with Crippen LogP contribution in [-0.2, 0) is 11.3 Å². The van der Waals surface area contributed by atoms with Crippen molar-refractivity contribution >= 4 is 10.9 Å². The average Bonchev–Trinajstić information content (AvgIpc) is 2.56. The summed E-state index contributed by atoms with van der Waals surface area (Å²) in [5, 5.41) is 1.01.